The zero-order valence-corrected chi connectivity index (χ0v) is 29.7. The van der Waals surface area contributed by atoms with Crippen molar-refractivity contribution in [1.29, 1.82) is 0 Å². The molecule has 54 heavy (non-hydrogen) atoms. The third-order valence-corrected chi connectivity index (χ3v) is 11.3. The summed E-state index contributed by atoms with van der Waals surface area (Å²) in [5.74, 6) is -4.97. The molecule has 1 saturated heterocycles. The van der Waals surface area contributed by atoms with Gasteiger partial charge in [0.25, 0.3) is 11.8 Å². The summed E-state index contributed by atoms with van der Waals surface area (Å²) in [6, 6.07) is 25.0. The van der Waals surface area contributed by atoms with Crippen LogP contribution in [0, 0.1) is 5.41 Å². The molecule has 1 heterocycles. The van der Waals surface area contributed by atoms with Crippen molar-refractivity contribution in [2.45, 2.75) is 43.7 Å². The van der Waals surface area contributed by atoms with Crippen LogP contribution >= 0.6 is 0 Å². The number of esters is 1. The minimum Gasteiger partial charge on any atom is -0.464 e. The quantitative estimate of drug-likeness (QED) is 0.190. The Labute approximate surface area is 311 Å². The number of carbonyl (C=O) groups is 4. The second kappa shape index (κ2) is 13.7. The van der Waals surface area contributed by atoms with E-state index >= 15 is 8.78 Å². The van der Waals surface area contributed by atoms with Crippen LogP contribution in [0.2, 0.25) is 0 Å². The number of nitrogens with two attached hydrogens (primary N) is 1. The number of benzene rings is 4. The molecule has 12 heteroatoms. The van der Waals surface area contributed by atoms with Gasteiger partial charge in [-0.15, -0.1) is 0 Å². The summed E-state index contributed by atoms with van der Waals surface area (Å²) in [5.41, 5.74) is 10.2. The van der Waals surface area contributed by atoms with Gasteiger partial charge in [-0.1, -0.05) is 78.9 Å². The van der Waals surface area contributed by atoms with Gasteiger partial charge in [-0.05, 0) is 65.3 Å². The molecule has 0 radical (unpaired) electrons. The van der Waals surface area contributed by atoms with E-state index in [-0.39, 0.29) is 73.5 Å². The number of carbonyl (C=O) groups excluding carboxylic acids is 4. The van der Waals surface area contributed by atoms with E-state index in [9.17, 15) is 19.2 Å². The lowest BCUT2D eigenvalue weighted by molar-refractivity contribution is -0.153. The second-order valence-corrected chi connectivity index (χ2v) is 14.4. The summed E-state index contributed by atoms with van der Waals surface area (Å²) >= 11 is 0. The van der Waals surface area contributed by atoms with Crippen molar-refractivity contribution in [2.24, 2.45) is 11.1 Å². The van der Waals surface area contributed by atoms with E-state index in [1.807, 2.05) is 36.4 Å². The van der Waals surface area contributed by atoms with Gasteiger partial charge in [0.2, 0.25) is 5.91 Å². The number of piperidine rings is 1. The van der Waals surface area contributed by atoms with Crippen molar-refractivity contribution < 1.29 is 37.4 Å². The van der Waals surface area contributed by atoms with E-state index in [0.717, 1.165) is 22.3 Å². The molecule has 10 nitrogen and oxygen atoms in total. The molecule has 3 atom stereocenters. The van der Waals surface area contributed by atoms with Crippen LogP contribution in [0.1, 0.15) is 58.3 Å². The molecule has 4 aromatic carbocycles. The van der Waals surface area contributed by atoms with E-state index in [0.29, 0.717) is 12.0 Å². The number of hydrogen-bond donors (Lipinski definition) is 2. The number of alkyl halides is 2. The zero-order chi connectivity index (χ0) is 37.8. The van der Waals surface area contributed by atoms with Crippen molar-refractivity contribution in [3.8, 4) is 22.3 Å². The summed E-state index contributed by atoms with van der Waals surface area (Å²) in [6.07, 6.45) is 0.285. The van der Waals surface area contributed by atoms with Crippen molar-refractivity contribution >= 4 is 23.9 Å². The maximum atomic E-state index is 15.1. The van der Waals surface area contributed by atoms with Crippen LogP contribution in [-0.2, 0) is 25.0 Å². The maximum absolute atomic E-state index is 15.1. The van der Waals surface area contributed by atoms with Crippen LogP contribution in [0.25, 0.3) is 22.3 Å². The number of hydrogen-bond acceptors (Lipinski definition) is 7. The number of halogens is 2. The first kappa shape index (κ1) is 35.4. The Bertz CT molecular complexity index is 2130. The normalized spacial score (nSPS) is 20.9. The average molecular weight is 735 g/mol. The fourth-order valence-corrected chi connectivity index (χ4v) is 8.78. The fraction of sp³-hybridized carbons (Fsp3) is 0.333. The SMILES string of the molecule is CCOC(=O)[C@@H]1C[C@]2(CN(CCN)C(=O)OCC3c4ccccc4-c4ccccc43)C[C@@H]2N1C(=O)CNC(=O)c1ccc2c(c1)-c1ccccc1C2(F)F. The fourth-order valence-electron chi connectivity index (χ4n) is 8.78. The first-order valence-corrected chi connectivity index (χ1v) is 18.3. The first-order valence-electron chi connectivity index (χ1n) is 18.3. The Morgan fingerprint density at radius 2 is 1.50 bits per heavy atom. The highest BCUT2D eigenvalue weighted by molar-refractivity contribution is 5.99. The van der Waals surface area contributed by atoms with Crippen molar-refractivity contribution in [3.63, 3.8) is 0 Å². The smallest absolute Gasteiger partial charge is 0.409 e. The third-order valence-electron chi connectivity index (χ3n) is 11.3. The Balaban J connectivity index is 0.946. The number of ether oxygens (including phenoxy) is 2. The van der Waals surface area contributed by atoms with Gasteiger partial charge in [-0.2, -0.15) is 8.78 Å². The summed E-state index contributed by atoms with van der Waals surface area (Å²) in [6.45, 7) is 2.14. The Morgan fingerprint density at radius 3 is 2.19 bits per heavy atom. The van der Waals surface area contributed by atoms with Crippen molar-refractivity contribution in [3.05, 3.63) is 119 Å². The molecule has 1 saturated carbocycles. The number of fused-ring (bicyclic) bond motifs is 7. The van der Waals surface area contributed by atoms with Gasteiger partial charge in [-0.3, -0.25) is 9.59 Å². The molecule has 278 valence electrons. The van der Waals surface area contributed by atoms with Crippen LogP contribution in [0.3, 0.4) is 0 Å². The summed E-state index contributed by atoms with van der Waals surface area (Å²) in [7, 11) is 0. The number of rotatable bonds is 11. The topological polar surface area (TPSA) is 131 Å². The van der Waals surface area contributed by atoms with Gasteiger partial charge in [0.15, 0.2) is 0 Å². The number of nitrogens with zero attached hydrogens (tertiary/aromatic N) is 2. The lowest BCUT2D eigenvalue weighted by Gasteiger charge is -2.27. The molecule has 4 aromatic rings. The molecule has 8 rings (SSSR count). The van der Waals surface area contributed by atoms with E-state index < -0.39 is 47.8 Å². The highest BCUT2D eigenvalue weighted by Crippen LogP contribution is 2.60. The summed E-state index contributed by atoms with van der Waals surface area (Å²) < 4.78 is 41.4. The second-order valence-electron chi connectivity index (χ2n) is 14.4. The van der Waals surface area contributed by atoms with Gasteiger partial charge in [-0.25, -0.2) is 9.59 Å². The molecule has 1 aliphatic heterocycles. The van der Waals surface area contributed by atoms with Gasteiger partial charge >= 0.3 is 12.1 Å². The lowest BCUT2D eigenvalue weighted by atomic mass is 9.98. The lowest BCUT2D eigenvalue weighted by Crippen LogP contribution is -2.48. The van der Waals surface area contributed by atoms with Crippen LogP contribution in [0.4, 0.5) is 13.6 Å². The average Bonchev–Trinajstić information content (AvgIpc) is 3.51. The number of likely N-dealkylation sites (tertiary alicyclic amines) is 1. The van der Waals surface area contributed by atoms with E-state index in [1.54, 1.807) is 30.0 Å². The third kappa shape index (κ3) is 5.89. The van der Waals surface area contributed by atoms with Crippen LogP contribution in [-0.4, -0.2) is 85.2 Å². The number of amides is 3. The minimum absolute atomic E-state index is 0.116. The monoisotopic (exact) mass is 734 g/mol. The van der Waals surface area contributed by atoms with Crippen molar-refractivity contribution in [2.75, 3.05) is 39.4 Å². The first-order chi connectivity index (χ1) is 26.1. The van der Waals surface area contributed by atoms with Gasteiger partial charge in [0, 0.05) is 53.7 Å². The Kier molecular flexibility index (Phi) is 8.96. The zero-order valence-electron chi connectivity index (χ0n) is 29.7. The summed E-state index contributed by atoms with van der Waals surface area (Å²) in [5, 5.41) is 2.62. The van der Waals surface area contributed by atoms with Crippen LogP contribution in [0.15, 0.2) is 91.0 Å². The predicted octanol–water partition coefficient (Wildman–Crippen LogP) is 5.67. The molecule has 0 unspecified atom stereocenters. The van der Waals surface area contributed by atoms with Crippen molar-refractivity contribution in [1.82, 2.24) is 15.1 Å². The molecule has 0 bridgehead atoms. The summed E-state index contributed by atoms with van der Waals surface area (Å²) in [4.78, 5) is 56.9. The Morgan fingerprint density at radius 1 is 0.852 bits per heavy atom. The molecule has 0 spiro atoms. The van der Waals surface area contributed by atoms with E-state index in [2.05, 4.69) is 17.4 Å². The molecule has 3 N–H and O–H groups in total. The predicted molar refractivity (Wildman–Crippen MR) is 196 cm³/mol. The number of nitrogens with one attached hydrogen (secondary N) is 1. The van der Waals surface area contributed by atoms with Gasteiger partial charge in [0.1, 0.15) is 12.6 Å². The van der Waals surface area contributed by atoms with E-state index in [4.69, 9.17) is 15.2 Å². The molecular formula is C42H40F2N4O6. The van der Waals surface area contributed by atoms with Crippen LogP contribution < -0.4 is 11.1 Å². The van der Waals surface area contributed by atoms with Crippen LogP contribution in [0.5, 0.6) is 0 Å². The molecule has 4 aliphatic rings. The largest absolute Gasteiger partial charge is 0.464 e. The molecule has 0 aromatic heterocycles. The highest BCUT2D eigenvalue weighted by Gasteiger charge is 2.68. The van der Waals surface area contributed by atoms with E-state index in [1.165, 1.54) is 29.2 Å². The standard InChI is InChI=1S/C42H40F2N4O6/c1-2-53-39(51)35-20-41(24-47(18-17-45)40(52)54-23-32-28-11-5-3-9-26(28)27-10-4-6-12-29(27)32)21-36(41)48(35)37(49)22-46-38(50)25-15-16-34-31(19-25)30-13-7-8-14-33(30)42(34,43)44/h3-16,19,32,35-36H,2,17-18,20-24,45H2,1H3,(H,46,50)/t35-,36-,41+/m0/s1. The Hall–Kier alpha value is -5.62. The molecule has 3 amide bonds. The molecule has 2 fully saturated rings. The highest BCUT2D eigenvalue weighted by atomic mass is 19.3. The minimum atomic E-state index is -3.18. The molecule has 3 aliphatic carbocycles. The molecular weight excluding hydrogens is 694 g/mol. The maximum Gasteiger partial charge on any atom is 0.409 e. The van der Waals surface area contributed by atoms with Gasteiger partial charge in [0.05, 0.1) is 13.2 Å². The van der Waals surface area contributed by atoms with Gasteiger partial charge < -0.3 is 30.3 Å².